The molecule has 21 heavy (non-hydrogen) atoms. The minimum absolute atomic E-state index is 0.126. The average Bonchev–Trinajstić information content (AvgIpc) is 2.47. The van der Waals surface area contributed by atoms with Crippen molar-refractivity contribution in [2.45, 2.75) is 31.3 Å². The second-order valence-electron chi connectivity index (χ2n) is 5.36. The molecule has 112 valence electrons. The number of hydrogen-bond acceptors (Lipinski definition) is 4. The number of ether oxygens (including phenoxy) is 3. The minimum Gasteiger partial charge on any atom is -0.464 e. The van der Waals surface area contributed by atoms with Crippen molar-refractivity contribution in [2.24, 2.45) is 0 Å². The Hall–Kier alpha value is -1.62. The SMILES string of the molecule is COCC1CC(O)CC(Oc2cccc3ccccc23)O1. The zero-order chi connectivity index (χ0) is 14.7. The molecule has 0 amide bonds. The number of hydrogen-bond donors (Lipinski definition) is 1. The molecule has 0 aliphatic carbocycles. The van der Waals surface area contributed by atoms with E-state index in [1.807, 2.05) is 42.5 Å². The molecule has 3 unspecified atom stereocenters. The van der Waals surface area contributed by atoms with Crippen molar-refractivity contribution in [2.75, 3.05) is 13.7 Å². The summed E-state index contributed by atoms with van der Waals surface area (Å²) in [7, 11) is 1.63. The Morgan fingerprint density at radius 2 is 1.95 bits per heavy atom. The number of fused-ring (bicyclic) bond motifs is 1. The van der Waals surface area contributed by atoms with Gasteiger partial charge in [-0.15, -0.1) is 0 Å². The first-order valence-electron chi connectivity index (χ1n) is 7.23. The van der Waals surface area contributed by atoms with Gasteiger partial charge in [0.15, 0.2) is 0 Å². The summed E-state index contributed by atoms with van der Waals surface area (Å²) >= 11 is 0. The van der Waals surface area contributed by atoms with Gasteiger partial charge in [0.05, 0.1) is 18.8 Å². The Balaban J connectivity index is 1.78. The van der Waals surface area contributed by atoms with Gasteiger partial charge in [0, 0.05) is 25.3 Å². The van der Waals surface area contributed by atoms with Gasteiger partial charge >= 0.3 is 0 Å². The van der Waals surface area contributed by atoms with Crippen molar-refractivity contribution in [1.82, 2.24) is 0 Å². The van der Waals surface area contributed by atoms with Gasteiger partial charge in [0.1, 0.15) is 5.75 Å². The molecule has 1 N–H and O–H groups in total. The molecular weight excluding hydrogens is 268 g/mol. The predicted octanol–water partition coefficient (Wildman–Crippen LogP) is 2.73. The van der Waals surface area contributed by atoms with Crippen molar-refractivity contribution in [1.29, 1.82) is 0 Å². The Morgan fingerprint density at radius 1 is 1.14 bits per heavy atom. The van der Waals surface area contributed by atoms with Gasteiger partial charge in [-0.3, -0.25) is 0 Å². The number of methoxy groups -OCH3 is 1. The summed E-state index contributed by atoms with van der Waals surface area (Å²) in [5.41, 5.74) is 0. The molecule has 1 fully saturated rings. The van der Waals surface area contributed by atoms with Crippen LogP contribution in [0, 0.1) is 0 Å². The van der Waals surface area contributed by atoms with Crippen LogP contribution in [0.3, 0.4) is 0 Å². The molecule has 1 aliphatic rings. The first-order chi connectivity index (χ1) is 10.3. The molecule has 3 atom stereocenters. The number of benzene rings is 2. The summed E-state index contributed by atoms with van der Waals surface area (Å²) < 4.78 is 16.9. The highest BCUT2D eigenvalue weighted by molar-refractivity contribution is 5.88. The molecule has 0 aromatic heterocycles. The summed E-state index contributed by atoms with van der Waals surface area (Å²) in [4.78, 5) is 0. The van der Waals surface area contributed by atoms with Crippen molar-refractivity contribution in [3.63, 3.8) is 0 Å². The summed E-state index contributed by atoms with van der Waals surface area (Å²) in [6, 6.07) is 14.0. The lowest BCUT2D eigenvalue weighted by atomic mass is 10.1. The molecule has 0 saturated carbocycles. The predicted molar refractivity (Wildman–Crippen MR) is 80.4 cm³/mol. The van der Waals surface area contributed by atoms with Crippen LogP contribution in [-0.4, -0.2) is 37.3 Å². The summed E-state index contributed by atoms with van der Waals surface area (Å²) in [5.74, 6) is 0.781. The maximum atomic E-state index is 9.95. The number of aliphatic hydroxyl groups excluding tert-OH is 1. The zero-order valence-corrected chi connectivity index (χ0v) is 12.1. The van der Waals surface area contributed by atoms with Crippen LogP contribution in [0.4, 0.5) is 0 Å². The van der Waals surface area contributed by atoms with E-state index >= 15 is 0 Å². The lowest BCUT2D eigenvalue weighted by Crippen LogP contribution is -2.40. The van der Waals surface area contributed by atoms with E-state index in [9.17, 15) is 5.11 Å². The van der Waals surface area contributed by atoms with E-state index in [2.05, 4.69) is 0 Å². The second kappa shape index (κ2) is 6.43. The van der Waals surface area contributed by atoms with E-state index in [1.54, 1.807) is 7.11 Å². The lowest BCUT2D eigenvalue weighted by Gasteiger charge is -2.33. The second-order valence-corrected chi connectivity index (χ2v) is 5.36. The van der Waals surface area contributed by atoms with Gasteiger partial charge in [-0.2, -0.15) is 0 Å². The zero-order valence-electron chi connectivity index (χ0n) is 12.1. The minimum atomic E-state index is -0.445. The fourth-order valence-corrected chi connectivity index (χ4v) is 2.76. The van der Waals surface area contributed by atoms with Gasteiger partial charge in [-0.1, -0.05) is 36.4 Å². The molecule has 4 nitrogen and oxygen atoms in total. The molecule has 0 radical (unpaired) electrons. The van der Waals surface area contributed by atoms with Crippen LogP contribution in [0.15, 0.2) is 42.5 Å². The topological polar surface area (TPSA) is 47.9 Å². The Bertz CT molecular complexity index is 593. The first kappa shape index (κ1) is 14.3. The van der Waals surface area contributed by atoms with E-state index in [-0.39, 0.29) is 6.10 Å². The number of rotatable bonds is 4. The van der Waals surface area contributed by atoms with Crippen LogP contribution in [0.1, 0.15) is 12.8 Å². The van der Waals surface area contributed by atoms with E-state index < -0.39 is 12.4 Å². The summed E-state index contributed by atoms with van der Waals surface area (Å²) in [6.07, 6.45) is 0.0736. The molecule has 4 heteroatoms. The third-order valence-corrected chi connectivity index (χ3v) is 3.70. The maximum Gasteiger partial charge on any atom is 0.202 e. The fourth-order valence-electron chi connectivity index (χ4n) is 2.76. The van der Waals surface area contributed by atoms with Gasteiger partial charge in [-0.05, 0) is 11.5 Å². The smallest absolute Gasteiger partial charge is 0.202 e. The van der Waals surface area contributed by atoms with Crippen molar-refractivity contribution in [3.05, 3.63) is 42.5 Å². The maximum absolute atomic E-state index is 9.95. The third kappa shape index (κ3) is 3.35. The Kier molecular flexibility index (Phi) is 4.39. The summed E-state index contributed by atoms with van der Waals surface area (Å²) in [6.45, 7) is 0.465. The molecule has 2 aromatic carbocycles. The van der Waals surface area contributed by atoms with Crippen LogP contribution in [0.2, 0.25) is 0 Å². The normalized spacial score (nSPS) is 25.9. The molecule has 2 aromatic rings. The Morgan fingerprint density at radius 3 is 2.81 bits per heavy atom. The monoisotopic (exact) mass is 288 g/mol. The molecule has 0 spiro atoms. The van der Waals surface area contributed by atoms with E-state index in [1.165, 1.54) is 0 Å². The first-order valence-corrected chi connectivity index (χ1v) is 7.23. The van der Waals surface area contributed by atoms with Crippen LogP contribution >= 0.6 is 0 Å². The van der Waals surface area contributed by atoms with Crippen molar-refractivity contribution in [3.8, 4) is 5.75 Å². The molecule has 1 saturated heterocycles. The van der Waals surface area contributed by atoms with E-state index in [4.69, 9.17) is 14.2 Å². The van der Waals surface area contributed by atoms with Crippen LogP contribution < -0.4 is 4.74 Å². The Labute approximate surface area is 124 Å². The van der Waals surface area contributed by atoms with Crippen LogP contribution in [0.5, 0.6) is 5.75 Å². The largest absolute Gasteiger partial charge is 0.464 e. The lowest BCUT2D eigenvalue weighted by molar-refractivity contribution is -0.186. The van der Waals surface area contributed by atoms with E-state index in [0.717, 1.165) is 16.5 Å². The standard InChI is InChI=1S/C17H20O4/c1-19-11-14-9-13(18)10-17(20-14)21-16-8-4-6-12-5-2-3-7-15(12)16/h2-8,13-14,17-18H,9-11H2,1H3. The molecule has 3 rings (SSSR count). The van der Waals surface area contributed by atoms with Crippen LogP contribution in [-0.2, 0) is 9.47 Å². The average molecular weight is 288 g/mol. The van der Waals surface area contributed by atoms with Gasteiger partial charge in [-0.25, -0.2) is 0 Å². The fraction of sp³-hybridized carbons (Fsp3) is 0.412. The molecular formula is C17H20O4. The van der Waals surface area contributed by atoms with Gasteiger partial charge in [0.2, 0.25) is 6.29 Å². The van der Waals surface area contributed by atoms with E-state index in [0.29, 0.717) is 19.4 Å². The quantitative estimate of drug-likeness (QED) is 0.939. The third-order valence-electron chi connectivity index (χ3n) is 3.70. The molecule has 0 bridgehead atoms. The molecule has 1 heterocycles. The number of aliphatic hydroxyl groups is 1. The van der Waals surface area contributed by atoms with Crippen molar-refractivity contribution < 1.29 is 19.3 Å². The van der Waals surface area contributed by atoms with Gasteiger partial charge < -0.3 is 19.3 Å². The highest BCUT2D eigenvalue weighted by Gasteiger charge is 2.29. The van der Waals surface area contributed by atoms with Crippen molar-refractivity contribution >= 4 is 10.8 Å². The molecule has 1 aliphatic heterocycles. The highest BCUT2D eigenvalue weighted by Crippen LogP contribution is 2.29. The summed E-state index contributed by atoms with van der Waals surface area (Å²) in [5, 5.41) is 12.1. The highest BCUT2D eigenvalue weighted by atomic mass is 16.7. The van der Waals surface area contributed by atoms with Crippen LogP contribution in [0.25, 0.3) is 10.8 Å². The van der Waals surface area contributed by atoms with Gasteiger partial charge in [0.25, 0.3) is 0 Å².